The maximum absolute atomic E-state index is 12.3. The van der Waals surface area contributed by atoms with Crippen LogP contribution < -0.4 is 0 Å². The zero-order chi connectivity index (χ0) is 12.9. The standard InChI is InChI=1S/C10H9F3O4/c1-15-6-16-17-9(14)7-3-2-4-8(5-7)10(11,12)13/h2-5H,6H2,1H3. The average molecular weight is 250 g/mol. The van der Waals surface area contributed by atoms with Crippen LogP contribution in [0.1, 0.15) is 15.9 Å². The highest BCUT2D eigenvalue weighted by atomic mass is 19.4. The molecular weight excluding hydrogens is 241 g/mol. The van der Waals surface area contributed by atoms with Crippen LogP contribution >= 0.6 is 0 Å². The zero-order valence-corrected chi connectivity index (χ0v) is 8.78. The molecule has 94 valence electrons. The molecule has 0 heterocycles. The van der Waals surface area contributed by atoms with Crippen molar-refractivity contribution in [3.05, 3.63) is 35.4 Å². The maximum Gasteiger partial charge on any atom is 0.416 e. The predicted octanol–water partition coefficient (Wildman–Crippen LogP) is 2.40. The predicted molar refractivity (Wildman–Crippen MR) is 49.8 cm³/mol. The van der Waals surface area contributed by atoms with E-state index in [4.69, 9.17) is 0 Å². The van der Waals surface area contributed by atoms with Crippen molar-refractivity contribution in [3.8, 4) is 0 Å². The Balaban J connectivity index is 2.74. The Labute approximate surface area is 94.8 Å². The minimum absolute atomic E-state index is 0.254. The molecule has 17 heavy (non-hydrogen) atoms. The van der Waals surface area contributed by atoms with Crippen LogP contribution in [0.3, 0.4) is 0 Å². The molecule has 0 bridgehead atoms. The lowest BCUT2D eigenvalue weighted by molar-refractivity contribution is -0.286. The Kier molecular flexibility index (Phi) is 4.47. The van der Waals surface area contributed by atoms with Crippen molar-refractivity contribution in [1.29, 1.82) is 0 Å². The fourth-order valence-electron chi connectivity index (χ4n) is 0.996. The Morgan fingerprint density at radius 2 is 2.06 bits per heavy atom. The van der Waals surface area contributed by atoms with Gasteiger partial charge in [-0.2, -0.15) is 18.1 Å². The second kappa shape index (κ2) is 5.65. The summed E-state index contributed by atoms with van der Waals surface area (Å²) in [4.78, 5) is 19.7. The van der Waals surface area contributed by atoms with Gasteiger partial charge in [0.25, 0.3) is 0 Å². The molecule has 0 N–H and O–H groups in total. The first-order chi connectivity index (χ1) is 7.95. The van der Waals surface area contributed by atoms with Gasteiger partial charge in [0.1, 0.15) is 0 Å². The van der Waals surface area contributed by atoms with Crippen molar-refractivity contribution in [1.82, 2.24) is 0 Å². The van der Waals surface area contributed by atoms with Gasteiger partial charge in [-0.1, -0.05) is 6.07 Å². The van der Waals surface area contributed by atoms with Gasteiger partial charge in [0, 0.05) is 7.11 Å². The van der Waals surface area contributed by atoms with Crippen LogP contribution in [0.2, 0.25) is 0 Å². The molecule has 0 radical (unpaired) electrons. The van der Waals surface area contributed by atoms with Crippen LogP contribution in [0.15, 0.2) is 24.3 Å². The van der Waals surface area contributed by atoms with Gasteiger partial charge < -0.3 is 4.74 Å². The first-order valence-electron chi connectivity index (χ1n) is 4.45. The molecule has 0 aliphatic carbocycles. The maximum atomic E-state index is 12.3. The van der Waals surface area contributed by atoms with Crippen LogP contribution in [0.4, 0.5) is 13.2 Å². The Morgan fingerprint density at radius 3 is 2.65 bits per heavy atom. The first-order valence-corrected chi connectivity index (χ1v) is 4.45. The Morgan fingerprint density at radius 1 is 1.35 bits per heavy atom. The molecule has 1 aromatic carbocycles. The van der Waals surface area contributed by atoms with E-state index >= 15 is 0 Å². The third kappa shape index (κ3) is 4.04. The van der Waals surface area contributed by atoms with Gasteiger partial charge in [0.15, 0.2) is 6.79 Å². The topological polar surface area (TPSA) is 44.8 Å². The molecule has 0 atom stereocenters. The van der Waals surface area contributed by atoms with Crippen LogP contribution in [0.25, 0.3) is 0 Å². The molecule has 0 aromatic heterocycles. The van der Waals surface area contributed by atoms with E-state index in [1.807, 2.05) is 0 Å². The number of halogens is 3. The minimum Gasteiger partial charge on any atom is -0.355 e. The molecule has 0 fully saturated rings. The molecule has 0 spiro atoms. The van der Waals surface area contributed by atoms with Gasteiger partial charge in [0.2, 0.25) is 0 Å². The number of carbonyl (C=O) groups is 1. The number of benzene rings is 1. The van der Waals surface area contributed by atoms with Gasteiger partial charge in [-0.3, -0.25) is 4.89 Å². The minimum atomic E-state index is -4.51. The van der Waals surface area contributed by atoms with E-state index in [1.165, 1.54) is 13.2 Å². The SMILES string of the molecule is COCOOC(=O)c1cccc(C(F)(F)F)c1. The van der Waals surface area contributed by atoms with Gasteiger partial charge in [0.05, 0.1) is 11.1 Å². The third-order valence-electron chi connectivity index (χ3n) is 1.73. The molecular formula is C10H9F3O4. The second-order valence-corrected chi connectivity index (χ2v) is 2.97. The highest BCUT2D eigenvalue weighted by Crippen LogP contribution is 2.29. The largest absolute Gasteiger partial charge is 0.416 e. The lowest BCUT2D eigenvalue weighted by Gasteiger charge is -2.07. The molecule has 0 aliphatic rings. The Hall–Kier alpha value is -1.60. The first kappa shape index (κ1) is 13.5. The zero-order valence-electron chi connectivity index (χ0n) is 8.78. The van der Waals surface area contributed by atoms with E-state index in [9.17, 15) is 18.0 Å². The van der Waals surface area contributed by atoms with E-state index in [2.05, 4.69) is 14.5 Å². The van der Waals surface area contributed by atoms with Gasteiger partial charge >= 0.3 is 12.1 Å². The van der Waals surface area contributed by atoms with Gasteiger partial charge in [-0.15, -0.1) is 0 Å². The monoisotopic (exact) mass is 250 g/mol. The van der Waals surface area contributed by atoms with Gasteiger partial charge in [-0.05, 0) is 18.2 Å². The van der Waals surface area contributed by atoms with Crippen molar-refractivity contribution in [2.45, 2.75) is 6.18 Å². The number of methoxy groups -OCH3 is 1. The number of hydrogen-bond acceptors (Lipinski definition) is 4. The van der Waals surface area contributed by atoms with E-state index < -0.39 is 17.7 Å². The van der Waals surface area contributed by atoms with Crippen LogP contribution in [-0.4, -0.2) is 19.9 Å². The van der Waals surface area contributed by atoms with Crippen molar-refractivity contribution < 1.29 is 32.5 Å². The Bertz CT molecular complexity index is 389. The van der Waals surface area contributed by atoms with Crippen molar-refractivity contribution >= 4 is 5.97 Å². The molecule has 0 saturated carbocycles. The summed E-state index contributed by atoms with van der Waals surface area (Å²) in [5.74, 6) is -1.02. The fraction of sp³-hybridized carbons (Fsp3) is 0.300. The lowest BCUT2D eigenvalue weighted by Crippen LogP contribution is -2.10. The smallest absolute Gasteiger partial charge is 0.355 e. The average Bonchev–Trinajstić information content (AvgIpc) is 2.28. The molecule has 0 saturated heterocycles. The quantitative estimate of drug-likeness (QED) is 0.356. The summed E-state index contributed by atoms with van der Waals surface area (Å²) in [6, 6.07) is 3.83. The normalized spacial score (nSPS) is 11.3. The summed E-state index contributed by atoms with van der Waals surface area (Å²) in [6.45, 7) is -0.301. The molecule has 7 heteroatoms. The summed E-state index contributed by atoms with van der Waals surface area (Å²) in [7, 11) is 1.30. The van der Waals surface area contributed by atoms with Crippen molar-refractivity contribution in [2.75, 3.05) is 13.9 Å². The fourth-order valence-corrected chi connectivity index (χ4v) is 0.996. The summed E-state index contributed by atoms with van der Waals surface area (Å²) in [5.41, 5.74) is -1.19. The number of alkyl halides is 3. The number of ether oxygens (including phenoxy) is 1. The van der Waals surface area contributed by atoms with Crippen LogP contribution in [0, 0.1) is 0 Å². The molecule has 4 nitrogen and oxygen atoms in total. The number of rotatable bonds is 4. The molecule has 1 rings (SSSR count). The number of hydrogen-bond donors (Lipinski definition) is 0. The van der Waals surface area contributed by atoms with Crippen LogP contribution in [0.5, 0.6) is 0 Å². The van der Waals surface area contributed by atoms with E-state index in [-0.39, 0.29) is 12.4 Å². The van der Waals surface area contributed by atoms with Crippen molar-refractivity contribution in [2.24, 2.45) is 0 Å². The van der Waals surface area contributed by atoms with E-state index in [0.717, 1.165) is 12.1 Å². The summed E-state index contributed by atoms with van der Waals surface area (Å²) >= 11 is 0. The molecule has 0 amide bonds. The molecule has 1 aromatic rings. The van der Waals surface area contributed by atoms with Crippen molar-refractivity contribution in [3.63, 3.8) is 0 Å². The lowest BCUT2D eigenvalue weighted by atomic mass is 10.1. The highest BCUT2D eigenvalue weighted by molar-refractivity contribution is 5.89. The molecule has 0 unspecified atom stereocenters. The van der Waals surface area contributed by atoms with E-state index in [1.54, 1.807) is 0 Å². The highest BCUT2D eigenvalue weighted by Gasteiger charge is 2.31. The summed E-state index contributed by atoms with van der Waals surface area (Å²) in [5, 5.41) is 0. The summed E-state index contributed by atoms with van der Waals surface area (Å²) in [6.07, 6.45) is -4.51. The molecule has 0 aliphatic heterocycles. The van der Waals surface area contributed by atoms with E-state index in [0.29, 0.717) is 6.07 Å². The summed E-state index contributed by atoms with van der Waals surface area (Å²) < 4.78 is 41.4. The third-order valence-corrected chi connectivity index (χ3v) is 1.73. The second-order valence-electron chi connectivity index (χ2n) is 2.97. The van der Waals surface area contributed by atoms with Crippen LogP contribution in [-0.2, 0) is 20.7 Å². The number of carbonyl (C=O) groups excluding carboxylic acids is 1. The van der Waals surface area contributed by atoms with Gasteiger partial charge in [-0.25, -0.2) is 4.79 Å².